The van der Waals surface area contributed by atoms with E-state index in [1.54, 1.807) is 18.2 Å². The molecule has 0 fully saturated rings. The molecule has 1 aromatic carbocycles. The summed E-state index contributed by atoms with van der Waals surface area (Å²) in [6, 6.07) is 5.08. The Morgan fingerprint density at radius 2 is 2.20 bits per heavy atom. The number of thiazole rings is 1. The number of rotatable bonds is 4. The quantitative estimate of drug-likeness (QED) is 0.788. The van der Waals surface area contributed by atoms with Gasteiger partial charge in [-0.05, 0) is 18.7 Å². The van der Waals surface area contributed by atoms with Crippen molar-refractivity contribution in [1.82, 2.24) is 9.38 Å². The minimum atomic E-state index is 0.489. The second kappa shape index (κ2) is 5.61. The van der Waals surface area contributed by atoms with Crippen LogP contribution in [0.15, 0.2) is 29.8 Å². The number of hydrogen-bond acceptors (Lipinski definition) is 4. The van der Waals surface area contributed by atoms with Crippen LogP contribution in [0.2, 0.25) is 10.0 Å². The number of imidazole rings is 1. The molecule has 2 N–H and O–H groups in total. The van der Waals surface area contributed by atoms with Gasteiger partial charge in [0, 0.05) is 29.1 Å². The van der Waals surface area contributed by atoms with Gasteiger partial charge in [-0.3, -0.25) is 4.40 Å². The Balaban J connectivity index is 2.03. The monoisotopic (exact) mass is 327 g/mol. The average molecular weight is 328 g/mol. The Morgan fingerprint density at radius 3 is 3.00 bits per heavy atom. The van der Waals surface area contributed by atoms with Gasteiger partial charge in [-0.2, -0.15) is 4.98 Å². The number of halogens is 2. The maximum atomic E-state index is 6.11. The van der Waals surface area contributed by atoms with E-state index in [0.717, 1.165) is 10.7 Å². The normalized spacial score (nSPS) is 11.2. The number of aromatic nitrogens is 2. The van der Waals surface area contributed by atoms with Crippen LogP contribution in [0.1, 0.15) is 5.69 Å². The Kier molecular flexibility index (Phi) is 3.85. The van der Waals surface area contributed by atoms with Gasteiger partial charge in [0.25, 0.3) is 0 Å². The minimum absolute atomic E-state index is 0.489. The number of fused-ring (bicyclic) bond motifs is 1. The van der Waals surface area contributed by atoms with Crippen LogP contribution in [0.25, 0.3) is 4.96 Å². The average Bonchev–Trinajstić information content (AvgIpc) is 2.98. The van der Waals surface area contributed by atoms with Crippen LogP contribution in [-0.2, 0) is 6.42 Å². The van der Waals surface area contributed by atoms with Crippen molar-refractivity contribution in [1.29, 1.82) is 0 Å². The van der Waals surface area contributed by atoms with Crippen LogP contribution < -0.4 is 10.5 Å². The lowest BCUT2D eigenvalue weighted by Crippen LogP contribution is -2.05. The fraction of sp³-hybridized carbons (Fsp3) is 0.154. The number of benzene rings is 1. The Bertz CT molecular complexity index is 753. The van der Waals surface area contributed by atoms with Crippen LogP contribution >= 0.6 is 34.5 Å². The van der Waals surface area contributed by atoms with E-state index in [-0.39, 0.29) is 0 Å². The predicted octanol–water partition coefficient (Wildman–Crippen LogP) is 4.00. The summed E-state index contributed by atoms with van der Waals surface area (Å²) in [6.45, 7) is 0.517. The van der Waals surface area contributed by atoms with Crippen LogP contribution in [0.5, 0.6) is 11.6 Å². The molecule has 0 spiro atoms. The van der Waals surface area contributed by atoms with E-state index in [1.165, 1.54) is 11.3 Å². The standard InChI is InChI=1S/C13H11Cl2N3OS/c14-8-1-2-9(15)11(7-8)19-12-10(3-4-16)18-5-6-20-13(18)17-12/h1-2,5-7H,3-4,16H2. The van der Waals surface area contributed by atoms with Crippen molar-refractivity contribution in [2.75, 3.05) is 6.54 Å². The highest BCUT2D eigenvalue weighted by Gasteiger charge is 2.16. The van der Waals surface area contributed by atoms with E-state index in [4.69, 9.17) is 33.7 Å². The van der Waals surface area contributed by atoms with Gasteiger partial charge >= 0.3 is 0 Å². The molecule has 0 atom stereocenters. The summed E-state index contributed by atoms with van der Waals surface area (Å²) >= 11 is 13.6. The first kappa shape index (κ1) is 13.7. The SMILES string of the molecule is NCCc1c(Oc2cc(Cl)ccc2Cl)nc2sccn12. The molecule has 0 amide bonds. The zero-order chi connectivity index (χ0) is 14.1. The highest BCUT2D eigenvalue weighted by Crippen LogP contribution is 2.34. The van der Waals surface area contributed by atoms with E-state index in [2.05, 4.69) is 4.98 Å². The van der Waals surface area contributed by atoms with Gasteiger partial charge in [-0.25, -0.2) is 0 Å². The van der Waals surface area contributed by atoms with Crippen molar-refractivity contribution in [3.63, 3.8) is 0 Å². The van der Waals surface area contributed by atoms with Gasteiger partial charge in [0.2, 0.25) is 5.88 Å². The molecule has 2 heterocycles. The Hall–Kier alpha value is -1.27. The molecule has 0 unspecified atom stereocenters. The molecule has 3 aromatic rings. The molecule has 0 saturated heterocycles. The molecule has 0 bridgehead atoms. The maximum absolute atomic E-state index is 6.11. The third-order valence-corrected chi connectivity index (χ3v) is 4.11. The number of ether oxygens (including phenoxy) is 1. The summed E-state index contributed by atoms with van der Waals surface area (Å²) in [6.07, 6.45) is 2.62. The second-order valence-corrected chi connectivity index (χ2v) is 5.85. The van der Waals surface area contributed by atoms with Crippen molar-refractivity contribution < 1.29 is 4.74 Å². The van der Waals surface area contributed by atoms with Crippen LogP contribution in [-0.4, -0.2) is 15.9 Å². The van der Waals surface area contributed by atoms with Crippen molar-refractivity contribution in [3.05, 3.63) is 45.5 Å². The van der Waals surface area contributed by atoms with Crippen molar-refractivity contribution in [2.24, 2.45) is 5.73 Å². The smallest absolute Gasteiger partial charge is 0.242 e. The van der Waals surface area contributed by atoms with E-state index in [0.29, 0.717) is 34.6 Å². The third-order valence-electron chi connectivity index (χ3n) is 2.81. The van der Waals surface area contributed by atoms with Gasteiger partial charge in [0.05, 0.1) is 10.7 Å². The highest BCUT2D eigenvalue weighted by atomic mass is 35.5. The lowest BCUT2D eigenvalue weighted by Gasteiger charge is -2.07. The molecule has 3 rings (SSSR count). The van der Waals surface area contributed by atoms with Gasteiger partial charge in [-0.15, -0.1) is 11.3 Å². The summed E-state index contributed by atoms with van der Waals surface area (Å²) in [7, 11) is 0. The fourth-order valence-electron chi connectivity index (χ4n) is 1.92. The van der Waals surface area contributed by atoms with E-state index in [1.807, 2.05) is 16.0 Å². The molecule has 0 aliphatic heterocycles. The fourth-order valence-corrected chi connectivity index (χ4v) is 2.96. The van der Waals surface area contributed by atoms with Gasteiger partial charge in [0.15, 0.2) is 4.96 Å². The van der Waals surface area contributed by atoms with Crippen molar-refractivity contribution in [2.45, 2.75) is 6.42 Å². The van der Waals surface area contributed by atoms with Crippen molar-refractivity contribution >= 4 is 39.5 Å². The first-order chi connectivity index (χ1) is 9.69. The van der Waals surface area contributed by atoms with E-state index < -0.39 is 0 Å². The molecule has 4 nitrogen and oxygen atoms in total. The first-order valence-corrected chi connectivity index (χ1v) is 7.60. The third kappa shape index (κ3) is 2.50. The first-order valence-electron chi connectivity index (χ1n) is 5.96. The minimum Gasteiger partial charge on any atom is -0.436 e. The second-order valence-electron chi connectivity index (χ2n) is 4.13. The molecular formula is C13H11Cl2N3OS. The highest BCUT2D eigenvalue weighted by molar-refractivity contribution is 7.15. The summed E-state index contributed by atoms with van der Waals surface area (Å²) in [5, 5.41) is 3.02. The summed E-state index contributed by atoms with van der Waals surface area (Å²) < 4.78 is 7.80. The van der Waals surface area contributed by atoms with Gasteiger partial charge in [-0.1, -0.05) is 23.2 Å². The lowest BCUT2D eigenvalue weighted by atomic mass is 10.3. The molecule has 20 heavy (non-hydrogen) atoms. The number of nitrogens with zero attached hydrogens (tertiary/aromatic N) is 2. The zero-order valence-corrected chi connectivity index (χ0v) is 12.7. The molecule has 7 heteroatoms. The largest absolute Gasteiger partial charge is 0.436 e. The van der Waals surface area contributed by atoms with Crippen molar-refractivity contribution in [3.8, 4) is 11.6 Å². The predicted molar refractivity (Wildman–Crippen MR) is 82.4 cm³/mol. The van der Waals surface area contributed by atoms with Crippen LogP contribution in [0.4, 0.5) is 0 Å². The summed E-state index contributed by atoms with van der Waals surface area (Å²) in [4.78, 5) is 5.32. The summed E-state index contributed by atoms with van der Waals surface area (Å²) in [5.74, 6) is 1.01. The van der Waals surface area contributed by atoms with Gasteiger partial charge in [0.1, 0.15) is 5.75 Å². The molecular weight excluding hydrogens is 317 g/mol. The number of hydrogen-bond donors (Lipinski definition) is 1. The molecule has 0 aliphatic carbocycles. The molecule has 0 aliphatic rings. The van der Waals surface area contributed by atoms with Crippen LogP contribution in [0, 0.1) is 0 Å². The molecule has 2 aromatic heterocycles. The maximum Gasteiger partial charge on any atom is 0.242 e. The Labute approximate surface area is 129 Å². The molecule has 0 radical (unpaired) electrons. The van der Waals surface area contributed by atoms with Gasteiger partial charge < -0.3 is 10.5 Å². The van der Waals surface area contributed by atoms with E-state index >= 15 is 0 Å². The lowest BCUT2D eigenvalue weighted by molar-refractivity contribution is 0.459. The molecule has 104 valence electrons. The Morgan fingerprint density at radius 1 is 1.35 bits per heavy atom. The zero-order valence-electron chi connectivity index (χ0n) is 10.3. The van der Waals surface area contributed by atoms with E-state index in [9.17, 15) is 0 Å². The summed E-state index contributed by atoms with van der Waals surface area (Å²) in [5.41, 5.74) is 6.59. The topological polar surface area (TPSA) is 52.5 Å². The van der Waals surface area contributed by atoms with Crippen LogP contribution in [0.3, 0.4) is 0 Å². The molecule has 0 saturated carbocycles. The number of nitrogens with two attached hydrogens (primary N) is 1.